The van der Waals surface area contributed by atoms with E-state index in [4.69, 9.17) is 42.6 Å². The monoisotopic (exact) mass is 959 g/mol. The van der Waals surface area contributed by atoms with Gasteiger partial charge in [0.1, 0.15) is 42.0 Å². The number of imide groups is 1. The van der Waals surface area contributed by atoms with Crippen molar-refractivity contribution in [1.29, 1.82) is 0 Å². The standard InChI is InChI=1S/C54H57NO13S/c1-4-69-54-45(55-51(58)41-27-17-18-28-42(41)52(55)59)48(64-35(2)56)47(44(67-54)34-61-30-38-21-11-6-12-22-38)68-53-50(65-36(3)57)49(63-32-40-25-15-8-16-26-40)46(62-31-39-23-13-7-14-24-39)43(66-53)33-60-29-37-19-9-5-10-20-37/h5-28,43-50,53-54H,4,29-34H2,1-3H3/t43-,44-,45-,46+,47-,48-,49+,50-,53+,54+/m1/s1. The van der Waals surface area contributed by atoms with Gasteiger partial charge in [-0.3, -0.25) is 24.1 Å². The number of hydrogen-bond donors (Lipinski definition) is 0. The van der Waals surface area contributed by atoms with E-state index in [2.05, 4.69) is 0 Å². The van der Waals surface area contributed by atoms with Crippen molar-refractivity contribution < 1.29 is 61.8 Å². The summed E-state index contributed by atoms with van der Waals surface area (Å²) in [4.78, 5) is 56.5. The molecule has 14 nitrogen and oxygen atoms in total. The van der Waals surface area contributed by atoms with Gasteiger partial charge in [0.15, 0.2) is 18.5 Å². The first-order valence-corrected chi connectivity index (χ1v) is 24.2. The summed E-state index contributed by atoms with van der Waals surface area (Å²) in [6.45, 7) is 5.02. The molecule has 3 heterocycles. The second-order valence-electron chi connectivity index (χ2n) is 16.8. The Morgan fingerprint density at radius 2 is 0.942 bits per heavy atom. The largest absolute Gasteiger partial charge is 0.457 e. The van der Waals surface area contributed by atoms with Crippen molar-refractivity contribution in [1.82, 2.24) is 4.90 Å². The number of benzene rings is 5. The zero-order chi connectivity index (χ0) is 48.1. The van der Waals surface area contributed by atoms with Crippen molar-refractivity contribution >= 4 is 35.5 Å². The Labute approximate surface area is 406 Å². The summed E-state index contributed by atoms with van der Waals surface area (Å²) in [5.41, 5.74) is 3.06. The van der Waals surface area contributed by atoms with Gasteiger partial charge < -0.3 is 42.6 Å². The van der Waals surface area contributed by atoms with E-state index in [-0.39, 0.29) is 50.8 Å². The lowest BCUT2D eigenvalue weighted by molar-refractivity contribution is -0.347. The topological polar surface area (TPSA) is 155 Å². The van der Waals surface area contributed by atoms with E-state index in [1.54, 1.807) is 24.3 Å². The summed E-state index contributed by atoms with van der Waals surface area (Å²) in [5.74, 6) is -2.00. The molecule has 10 atom stereocenters. The summed E-state index contributed by atoms with van der Waals surface area (Å²) < 4.78 is 59.5. The number of carbonyl (C=O) groups is 4. The van der Waals surface area contributed by atoms with E-state index in [1.807, 2.05) is 128 Å². The van der Waals surface area contributed by atoms with Crippen molar-refractivity contribution in [3.05, 3.63) is 179 Å². The molecule has 0 radical (unpaired) electrons. The summed E-state index contributed by atoms with van der Waals surface area (Å²) >= 11 is 1.34. The fourth-order valence-corrected chi connectivity index (χ4v) is 9.84. The Balaban J connectivity index is 1.20. The van der Waals surface area contributed by atoms with Crippen LogP contribution in [0.25, 0.3) is 0 Å². The number of rotatable bonds is 21. The predicted molar refractivity (Wildman–Crippen MR) is 254 cm³/mol. The third-order valence-corrected chi connectivity index (χ3v) is 13.0. The molecule has 362 valence electrons. The minimum Gasteiger partial charge on any atom is -0.457 e. The van der Waals surface area contributed by atoms with Gasteiger partial charge in [0.2, 0.25) is 0 Å². The number of thioether (sulfide) groups is 1. The van der Waals surface area contributed by atoms with Gasteiger partial charge in [0.05, 0.1) is 50.8 Å². The molecule has 0 aromatic heterocycles. The van der Waals surface area contributed by atoms with Crippen LogP contribution in [0.15, 0.2) is 146 Å². The molecular formula is C54H57NO13S. The maximum Gasteiger partial charge on any atom is 0.303 e. The van der Waals surface area contributed by atoms with Crippen LogP contribution in [0.5, 0.6) is 0 Å². The first-order chi connectivity index (χ1) is 33.7. The maximum atomic E-state index is 14.4. The van der Waals surface area contributed by atoms with Gasteiger partial charge in [0.25, 0.3) is 11.8 Å². The average Bonchev–Trinajstić information content (AvgIpc) is 3.61. The number of esters is 2. The van der Waals surface area contributed by atoms with Crippen LogP contribution in [0.3, 0.4) is 0 Å². The summed E-state index contributed by atoms with van der Waals surface area (Å²) in [7, 11) is 0. The molecule has 0 unspecified atom stereocenters. The molecule has 3 aliphatic heterocycles. The van der Waals surface area contributed by atoms with E-state index < -0.39 is 84.2 Å². The minimum atomic E-state index is -1.46. The number of ether oxygens (including phenoxy) is 9. The van der Waals surface area contributed by atoms with Crippen LogP contribution < -0.4 is 0 Å². The number of fused-ring (bicyclic) bond motifs is 1. The smallest absolute Gasteiger partial charge is 0.303 e. The third kappa shape index (κ3) is 12.5. The second-order valence-corrected chi connectivity index (χ2v) is 18.2. The molecule has 2 saturated heterocycles. The Kier molecular flexibility index (Phi) is 17.4. The van der Waals surface area contributed by atoms with Crippen molar-refractivity contribution in [3.8, 4) is 0 Å². The fraction of sp³-hybridized carbons (Fsp3) is 0.370. The third-order valence-electron chi connectivity index (χ3n) is 11.9. The molecule has 0 saturated carbocycles. The quantitative estimate of drug-likeness (QED) is 0.0521. The van der Waals surface area contributed by atoms with Crippen LogP contribution in [-0.2, 0) is 78.6 Å². The fourth-order valence-electron chi connectivity index (χ4n) is 8.82. The highest BCUT2D eigenvalue weighted by molar-refractivity contribution is 7.99. The van der Waals surface area contributed by atoms with Gasteiger partial charge in [-0.2, -0.15) is 0 Å². The highest BCUT2D eigenvalue weighted by Crippen LogP contribution is 2.41. The van der Waals surface area contributed by atoms with Crippen molar-refractivity contribution in [2.45, 2.75) is 108 Å². The first kappa shape index (κ1) is 49.7. The van der Waals surface area contributed by atoms with Crippen LogP contribution in [0, 0.1) is 0 Å². The SMILES string of the molecule is CCS[C@@H]1O[C@H](COCc2ccccc2)[C@@H](O[C@@H]2O[C@H](COCc3ccccc3)[C@H](OCc3ccccc3)[C@H](OCc3ccccc3)[C@H]2OC(C)=O)[C@H](OC(C)=O)[C@H]1N1C(=O)c2ccccc2C1=O. The van der Waals surface area contributed by atoms with E-state index in [0.29, 0.717) is 5.75 Å². The van der Waals surface area contributed by atoms with Crippen molar-refractivity contribution in [3.63, 3.8) is 0 Å². The average molecular weight is 960 g/mol. The van der Waals surface area contributed by atoms with Crippen molar-refractivity contribution in [2.75, 3.05) is 19.0 Å². The lowest BCUT2D eigenvalue weighted by Crippen LogP contribution is -2.68. The van der Waals surface area contributed by atoms with E-state index in [9.17, 15) is 19.2 Å². The molecule has 2 fully saturated rings. The van der Waals surface area contributed by atoms with E-state index in [0.717, 1.165) is 27.2 Å². The Hall–Kier alpha value is -5.75. The summed E-state index contributed by atoms with van der Waals surface area (Å²) in [6, 6.07) is 43.7. The number of nitrogens with zero attached hydrogens (tertiary/aromatic N) is 1. The van der Waals surface area contributed by atoms with Crippen LogP contribution in [0.4, 0.5) is 0 Å². The molecule has 3 aliphatic rings. The second kappa shape index (κ2) is 24.2. The zero-order valence-corrected chi connectivity index (χ0v) is 39.6. The lowest BCUT2D eigenvalue weighted by Gasteiger charge is -2.50. The van der Waals surface area contributed by atoms with Crippen LogP contribution in [0.2, 0.25) is 0 Å². The van der Waals surface area contributed by atoms with Crippen LogP contribution >= 0.6 is 11.8 Å². The van der Waals surface area contributed by atoms with E-state index >= 15 is 0 Å². The molecule has 2 amide bonds. The van der Waals surface area contributed by atoms with Crippen LogP contribution in [0.1, 0.15) is 63.7 Å². The lowest BCUT2D eigenvalue weighted by atomic mass is 9.94. The molecule has 5 aromatic rings. The maximum absolute atomic E-state index is 14.4. The van der Waals surface area contributed by atoms with Crippen LogP contribution in [-0.4, -0.2) is 108 Å². The highest BCUT2D eigenvalue weighted by atomic mass is 32.2. The highest BCUT2D eigenvalue weighted by Gasteiger charge is 2.58. The molecule has 0 N–H and O–H groups in total. The molecule has 15 heteroatoms. The Morgan fingerprint density at radius 1 is 0.522 bits per heavy atom. The first-order valence-electron chi connectivity index (χ1n) is 23.1. The number of amides is 2. The zero-order valence-electron chi connectivity index (χ0n) is 38.7. The minimum absolute atomic E-state index is 0.0166. The number of carbonyl (C=O) groups excluding carboxylic acids is 4. The summed E-state index contributed by atoms with van der Waals surface area (Å²) in [6.07, 6.45) is -9.27. The Morgan fingerprint density at radius 3 is 1.41 bits per heavy atom. The van der Waals surface area contributed by atoms with E-state index in [1.165, 1.54) is 25.6 Å². The Bertz CT molecular complexity index is 2410. The van der Waals surface area contributed by atoms with Gasteiger partial charge >= 0.3 is 11.9 Å². The normalized spacial score (nSPS) is 25.5. The molecule has 8 rings (SSSR count). The van der Waals surface area contributed by atoms with Gasteiger partial charge in [-0.05, 0) is 40.1 Å². The van der Waals surface area contributed by atoms with Gasteiger partial charge in [-0.25, -0.2) is 0 Å². The van der Waals surface area contributed by atoms with Gasteiger partial charge in [-0.1, -0.05) is 140 Å². The van der Waals surface area contributed by atoms with Crippen molar-refractivity contribution in [2.24, 2.45) is 0 Å². The number of hydrogen-bond acceptors (Lipinski definition) is 14. The molecular weight excluding hydrogens is 903 g/mol. The predicted octanol–water partition coefficient (Wildman–Crippen LogP) is 7.71. The van der Waals surface area contributed by atoms with Gasteiger partial charge in [0, 0.05) is 13.8 Å². The molecule has 69 heavy (non-hydrogen) atoms. The van der Waals surface area contributed by atoms with Gasteiger partial charge in [-0.15, -0.1) is 11.8 Å². The molecule has 0 bridgehead atoms. The summed E-state index contributed by atoms with van der Waals surface area (Å²) in [5, 5.41) is 0. The molecule has 0 aliphatic carbocycles. The molecule has 5 aromatic carbocycles. The molecule has 0 spiro atoms.